The first-order valence-corrected chi connectivity index (χ1v) is 5.98. The number of aromatic hydroxyl groups is 1. The SMILES string of the molecule is CC(C)(C)NC(=O)C1CC1c1ccc(O)cc1. The lowest BCUT2D eigenvalue weighted by Crippen LogP contribution is -2.41. The summed E-state index contributed by atoms with van der Waals surface area (Å²) in [5.41, 5.74) is 0.968. The van der Waals surface area contributed by atoms with Crippen LogP contribution in [0.4, 0.5) is 0 Å². The summed E-state index contributed by atoms with van der Waals surface area (Å²) in [6.45, 7) is 5.97. The lowest BCUT2D eigenvalue weighted by atomic mass is 10.1. The summed E-state index contributed by atoms with van der Waals surface area (Å²) >= 11 is 0. The van der Waals surface area contributed by atoms with Crippen LogP contribution in [-0.4, -0.2) is 16.6 Å². The topological polar surface area (TPSA) is 49.3 Å². The van der Waals surface area contributed by atoms with Gasteiger partial charge >= 0.3 is 0 Å². The van der Waals surface area contributed by atoms with E-state index in [0.29, 0.717) is 5.92 Å². The van der Waals surface area contributed by atoms with Crippen LogP contribution in [0.25, 0.3) is 0 Å². The largest absolute Gasteiger partial charge is 0.508 e. The maximum atomic E-state index is 11.9. The molecule has 1 aromatic carbocycles. The van der Waals surface area contributed by atoms with Gasteiger partial charge in [-0.1, -0.05) is 12.1 Å². The quantitative estimate of drug-likeness (QED) is 0.824. The normalized spacial score (nSPS) is 23.2. The fraction of sp³-hybridized carbons (Fsp3) is 0.500. The Labute approximate surface area is 102 Å². The summed E-state index contributed by atoms with van der Waals surface area (Å²) in [4.78, 5) is 11.9. The van der Waals surface area contributed by atoms with Crippen molar-refractivity contribution in [3.63, 3.8) is 0 Å². The Hall–Kier alpha value is -1.51. The predicted octanol–water partition coefficient (Wildman–Crippen LogP) is 2.41. The van der Waals surface area contributed by atoms with Gasteiger partial charge in [0.1, 0.15) is 5.75 Å². The third kappa shape index (κ3) is 2.99. The van der Waals surface area contributed by atoms with E-state index in [4.69, 9.17) is 0 Å². The number of phenols is 1. The summed E-state index contributed by atoms with van der Waals surface area (Å²) in [5.74, 6) is 0.817. The summed E-state index contributed by atoms with van der Waals surface area (Å²) in [7, 11) is 0. The number of phenolic OH excluding ortho intramolecular Hbond substituents is 1. The number of carbonyl (C=O) groups excluding carboxylic acids is 1. The molecule has 1 saturated carbocycles. The second kappa shape index (κ2) is 4.06. The molecule has 0 radical (unpaired) electrons. The van der Waals surface area contributed by atoms with Gasteiger partial charge in [0, 0.05) is 11.5 Å². The molecule has 1 aliphatic rings. The standard InChI is InChI=1S/C14H19NO2/c1-14(2,3)15-13(17)12-8-11(12)9-4-6-10(16)7-5-9/h4-7,11-12,16H,8H2,1-3H3,(H,15,17). The Morgan fingerprint density at radius 2 is 1.88 bits per heavy atom. The van der Waals surface area contributed by atoms with E-state index >= 15 is 0 Å². The van der Waals surface area contributed by atoms with Crippen molar-refractivity contribution < 1.29 is 9.90 Å². The molecular formula is C14H19NO2. The second-order valence-corrected chi connectivity index (χ2v) is 5.78. The lowest BCUT2D eigenvalue weighted by Gasteiger charge is -2.20. The summed E-state index contributed by atoms with van der Waals surface area (Å²) in [5, 5.41) is 12.2. The van der Waals surface area contributed by atoms with Crippen molar-refractivity contribution in [1.29, 1.82) is 0 Å². The minimum atomic E-state index is -0.167. The van der Waals surface area contributed by atoms with Crippen LogP contribution in [0.2, 0.25) is 0 Å². The lowest BCUT2D eigenvalue weighted by molar-refractivity contribution is -0.123. The van der Waals surface area contributed by atoms with E-state index in [9.17, 15) is 9.90 Å². The van der Waals surface area contributed by atoms with Crippen LogP contribution < -0.4 is 5.32 Å². The number of nitrogens with one attached hydrogen (secondary N) is 1. The van der Waals surface area contributed by atoms with E-state index in [1.165, 1.54) is 0 Å². The van der Waals surface area contributed by atoms with Crippen LogP contribution >= 0.6 is 0 Å². The molecule has 92 valence electrons. The Balaban J connectivity index is 1.96. The predicted molar refractivity (Wildman–Crippen MR) is 66.9 cm³/mol. The van der Waals surface area contributed by atoms with Gasteiger partial charge in [-0.15, -0.1) is 0 Å². The zero-order valence-corrected chi connectivity index (χ0v) is 10.5. The highest BCUT2D eigenvalue weighted by Gasteiger charge is 2.44. The van der Waals surface area contributed by atoms with E-state index in [1.54, 1.807) is 12.1 Å². The number of amides is 1. The van der Waals surface area contributed by atoms with E-state index in [-0.39, 0.29) is 23.1 Å². The molecule has 0 spiro atoms. The Morgan fingerprint density at radius 1 is 1.29 bits per heavy atom. The van der Waals surface area contributed by atoms with Crippen molar-refractivity contribution in [1.82, 2.24) is 5.32 Å². The maximum Gasteiger partial charge on any atom is 0.224 e. The van der Waals surface area contributed by atoms with Gasteiger partial charge in [0.2, 0.25) is 5.91 Å². The van der Waals surface area contributed by atoms with Crippen molar-refractivity contribution >= 4 is 5.91 Å². The molecule has 2 rings (SSSR count). The molecule has 0 aliphatic heterocycles. The maximum absolute atomic E-state index is 11.9. The first-order valence-electron chi connectivity index (χ1n) is 5.98. The van der Waals surface area contributed by atoms with Crippen LogP contribution in [0.5, 0.6) is 5.75 Å². The van der Waals surface area contributed by atoms with E-state index < -0.39 is 0 Å². The third-order valence-corrected chi connectivity index (χ3v) is 2.95. The second-order valence-electron chi connectivity index (χ2n) is 5.78. The van der Waals surface area contributed by atoms with Crippen LogP contribution in [-0.2, 0) is 4.79 Å². The van der Waals surface area contributed by atoms with E-state index in [0.717, 1.165) is 12.0 Å². The monoisotopic (exact) mass is 233 g/mol. The van der Waals surface area contributed by atoms with Gasteiger partial charge in [0.05, 0.1) is 0 Å². The van der Waals surface area contributed by atoms with E-state index in [2.05, 4.69) is 5.32 Å². The molecule has 0 heterocycles. The highest BCUT2D eigenvalue weighted by Crippen LogP contribution is 2.47. The highest BCUT2D eigenvalue weighted by atomic mass is 16.3. The molecule has 17 heavy (non-hydrogen) atoms. The van der Waals surface area contributed by atoms with Crippen molar-refractivity contribution in [2.45, 2.75) is 38.6 Å². The summed E-state index contributed by atoms with van der Waals surface area (Å²) < 4.78 is 0. The number of benzene rings is 1. The zero-order valence-electron chi connectivity index (χ0n) is 10.5. The first kappa shape index (κ1) is 12.0. The first-order chi connectivity index (χ1) is 7.87. The van der Waals surface area contributed by atoms with Crippen LogP contribution in [0.15, 0.2) is 24.3 Å². The molecule has 1 fully saturated rings. The molecule has 1 aliphatic carbocycles. The Bertz CT molecular complexity index is 417. The van der Waals surface area contributed by atoms with E-state index in [1.807, 2.05) is 32.9 Å². The smallest absolute Gasteiger partial charge is 0.224 e. The van der Waals surface area contributed by atoms with Gasteiger partial charge in [0.25, 0.3) is 0 Å². The van der Waals surface area contributed by atoms with Gasteiger partial charge in [-0.25, -0.2) is 0 Å². The van der Waals surface area contributed by atoms with Gasteiger partial charge in [0.15, 0.2) is 0 Å². The minimum absolute atomic E-state index is 0.0961. The highest BCUT2D eigenvalue weighted by molar-refractivity contribution is 5.83. The molecule has 0 bridgehead atoms. The van der Waals surface area contributed by atoms with Crippen LogP contribution in [0.1, 0.15) is 38.7 Å². The van der Waals surface area contributed by atoms with Crippen molar-refractivity contribution in [3.8, 4) is 5.75 Å². The summed E-state index contributed by atoms with van der Waals surface area (Å²) in [6.07, 6.45) is 0.909. The molecule has 2 N–H and O–H groups in total. The molecular weight excluding hydrogens is 214 g/mol. The fourth-order valence-electron chi connectivity index (χ4n) is 2.04. The number of rotatable bonds is 2. The zero-order chi connectivity index (χ0) is 12.6. The number of carbonyl (C=O) groups is 1. The van der Waals surface area contributed by atoms with Gasteiger partial charge < -0.3 is 10.4 Å². The van der Waals surface area contributed by atoms with Gasteiger partial charge in [-0.05, 0) is 50.8 Å². The Kier molecular flexibility index (Phi) is 2.86. The molecule has 3 nitrogen and oxygen atoms in total. The van der Waals surface area contributed by atoms with Crippen molar-refractivity contribution in [2.24, 2.45) is 5.92 Å². The van der Waals surface area contributed by atoms with Crippen molar-refractivity contribution in [3.05, 3.63) is 29.8 Å². The Morgan fingerprint density at radius 3 is 2.41 bits per heavy atom. The van der Waals surface area contributed by atoms with Gasteiger partial charge in [-0.2, -0.15) is 0 Å². The molecule has 1 aromatic rings. The minimum Gasteiger partial charge on any atom is -0.508 e. The summed E-state index contributed by atoms with van der Waals surface area (Å²) in [6, 6.07) is 7.13. The molecule has 0 saturated heterocycles. The number of hydrogen-bond donors (Lipinski definition) is 2. The molecule has 2 atom stereocenters. The average molecular weight is 233 g/mol. The molecule has 1 amide bonds. The average Bonchev–Trinajstić information content (AvgIpc) is 2.96. The fourth-order valence-corrected chi connectivity index (χ4v) is 2.04. The van der Waals surface area contributed by atoms with Crippen molar-refractivity contribution in [2.75, 3.05) is 0 Å². The van der Waals surface area contributed by atoms with Gasteiger partial charge in [-0.3, -0.25) is 4.79 Å². The number of hydrogen-bond acceptors (Lipinski definition) is 2. The van der Waals surface area contributed by atoms with Crippen LogP contribution in [0.3, 0.4) is 0 Å². The molecule has 0 aromatic heterocycles. The van der Waals surface area contributed by atoms with Crippen LogP contribution in [0, 0.1) is 5.92 Å². The molecule has 3 heteroatoms. The molecule has 2 unspecified atom stereocenters. The third-order valence-electron chi connectivity index (χ3n) is 2.95.